The molecule has 10 heavy (non-hydrogen) atoms. The molecule has 0 aromatic carbocycles. The lowest BCUT2D eigenvalue weighted by Crippen LogP contribution is -2.41. The van der Waals surface area contributed by atoms with Gasteiger partial charge in [-0.15, -0.1) is 0 Å². The van der Waals surface area contributed by atoms with E-state index in [0.29, 0.717) is 12.0 Å². The maximum Gasteiger partial charge on any atom is 0.0825 e. The van der Waals surface area contributed by atoms with Crippen LogP contribution in [0.2, 0.25) is 0 Å². The van der Waals surface area contributed by atoms with Gasteiger partial charge in [0.15, 0.2) is 0 Å². The Morgan fingerprint density at radius 2 is 1.90 bits per heavy atom. The number of aliphatic hydroxyl groups is 1. The molecule has 0 aliphatic carbocycles. The van der Waals surface area contributed by atoms with Gasteiger partial charge in [0.05, 0.1) is 18.3 Å². The Kier molecular flexibility index (Phi) is 2.32. The van der Waals surface area contributed by atoms with Gasteiger partial charge in [-0.1, -0.05) is 6.92 Å². The molecule has 2 unspecified atom stereocenters. The summed E-state index contributed by atoms with van der Waals surface area (Å²) < 4.78 is 5.42. The molecular formula is C8H16O2. The Hall–Kier alpha value is -0.0800. The Morgan fingerprint density at radius 3 is 2.40 bits per heavy atom. The van der Waals surface area contributed by atoms with E-state index in [1.165, 1.54) is 0 Å². The van der Waals surface area contributed by atoms with E-state index in [0.717, 1.165) is 6.42 Å². The fourth-order valence-corrected chi connectivity index (χ4v) is 1.63. The van der Waals surface area contributed by atoms with Gasteiger partial charge in [0.2, 0.25) is 0 Å². The van der Waals surface area contributed by atoms with Crippen molar-refractivity contribution in [2.45, 2.75) is 45.5 Å². The molecule has 0 bridgehead atoms. The molecule has 1 aliphatic heterocycles. The Balaban J connectivity index is 2.49. The molecule has 0 saturated carbocycles. The van der Waals surface area contributed by atoms with Crippen LogP contribution in [0, 0.1) is 5.92 Å². The quantitative estimate of drug-likeness (QED) is 0.553. The minimum absolute atomic E-state index is 0.0127. The van der Waals surface area contributed by atoms with E-state index in [2.05, 4.69) is 13.8 Å². The summed E-state index contributed by atoms with van der Waals surface area (Å²) in [5, 5.41) is 9.44. The zero-order chi connectivity index (χ0) is 7.72. The van der Waals surface area contributed by atoms with E-state index in [1.807, 2.05) is 6.92 Å². The molecular weight excluding hydrogens is 128 g/mol. The van der Waals surface area contributed by atoms with Crippen LogP contribution in [0.5, 0.6) is 0 Å². The SMILES string of the molecule is CC1CC(C)[C@@H](O)[C@H](C)O1. The molecule has 0 amide bonds. The molecule has 1 heterocycles. The van der Waals surface area contributed by atoms with E-state index in [4.69, 9.17) is 4.74 Å². The first-order chi connectivity index (χ1) is 4.61. The highest BCUT2D eigenvalue weighted by Crippen LogP contribution is 2.24. The van der Waals surface area contributed by atoms with Crippen LogP contribution in [0.1, 0.15) is 27.2 Å². The van der Waals surface area contributed by atoms with Gasteiger partial charge in [-0.05, 0) is 26.2 Å². The van der Waals surface area contributed by atoms with Crippen LogP contribution in [0.3, 0.4) is 0 Å². The van der Waals surface area contributed by atoms with Crippen molar-refractivity contribution in [3.8, 4) is 0 Å². The molecule has 1 aliphatic rings. The van der Waals surface area contributed by atoms with E-state index >= 15 is 0 Å². The van der Waals surface area contributed by atoms with Crippen molar-refractivity contribution < 1.29 is 9.84 Å². The third-order valence-electron chi connectivity index (χ3n) is 2.21. The summed E-state index contributed by atoms with van der Waals surface area (Å²) >= 11 is 0. The number of rotatable bonds is 0. The lowest BCUT2D eigenvalue weighted by molar-refractivity contribution is -0.126. The summed E-state index contributed by atoms with van der Waals surface area (Å²) in [5.41, 5.74) is 0. The topological polar surface area (TPSA) is 29.5 Å². The van der Waals surface area contributed by atoms with Crippen molar-refractivity contribution in [2.75, 3.05) is 0 Å². The van der Waals surface area contributed by atoms with Gasteiger partial charge >= 0.3 is 0 Å². The Morgan fingerprint density at radius 1 is 1.30 bits per heavy atom. The summed E-state index contributed by atoms with van der Waals surface area (Å²) in [6.07, 6.45) is 1.04. The second-order valence-electron chi connectivity index (χ2n) is 3.36. The van der Waals surface area contributed by atoms with Gasteiger partial charge in [-0.25, -0.2) is 0 Å². The molecule has 2 heteroatoms. The standard InChI is InChI=1S/C8H16O2/c1-5-4-6(2)10-7(3)8(5)9/h5-9H,4H2,1-3H3/t5?,6?,7-,8+/m0/s1. The van der Waals surface area contributed by atoms with Crippen LogP contribution >= 0.6 is 0 Å². The van der Waals surface area contributed by atoms with Crippen molar-refractivity contribution in [1.29, 1.82) is 0 Å². The van der Waals surface area contributed by atoms with Crippen LogP contribution < -0.4 is 0 Å². The van der Waals surface area contributed by atoms with Crippen LogP contribution in [0.4, 0.5) is 0 Å². The van der Waals surface area contributed by atoms with Crippen molar-refractivity contribution in [3.63, 3.8) is 0 Å². The van der Waals surface area contributed by atoms with Gasteiger partial charge in [0.25, 0.3) is 0 Å². The van der Waals surface area contributed by atoms with Crippen LogP contribution in [-0.4, -0.2) is 23.4 Å². The van der Waals surface area contributed by atoms with Crippen molar-refractivity contribution in [1.82, 2.24) is 0 Å². The number of aliphatic hydroxyl groups excluding tert-OH is 1. The molecule has 60 valence electrons. The van der Waals surface area contributed by atoms with Crippen molar-refractivity contribution >= 4 is 0 Å². The Bertz CT molecular complexity index is 102. The molecule has 1 fully saturated rings. The van der Waals surface area contributed by atoms with Gasteiger partial charge < -0.3 is 9.84 Å². The summed E-state index contributed by atoms with van der Waals surface area (Å²) in [5.74, 6) is 0.388. The second kappa shape index (κ2) is 2.89. The largest absolute Gasteiger partial charge is 0.390 e. The van der Waals surface area contributed by atoms with Gasteiger partial charge in [0, 0.05) is 0 Å². The molecule has 0 radical (unpaired) electrons. The predicted molar refractivity (Wildman–Crippen MR) is 39.8 cm³/mol. The molecule has 0 spiro atoms. The second-order valence-corrected chi connectivity index (χ2v) is 3.36. The minimum Gasteiger partial charge on any atom is -0.390 e. The third-order valence-corrected chi connectivity index (χ3v) is 2.21. The molecule has 0 aromatic heterocycles. The first kappa shape index (κ1) is 8.02. The van der Waals surface area contributed by atoms with E-state index in [1.54, 1.807) is 0 Å². The minimum atomic E-state index is -0.267. The summed E-state index contributed by atoms with van der Waals surface area (Å²) in [6.45, 7) is 6.05. The fraction of sp³-hybridized carbons (Fsp3) is 1.00. The Labute approximate surface area is 62.2 Å². The predicted octanol–water partition coefficient (Wildman–Crippen LogP) is 1.18. The summed E-state index contributed by atoms with van der Waals surface area (Å²) in [7, 11) is 0. The maximum atomic E-state index is 9.44. The highest BCUT2D eigenvalue weighted by Gasteiger charge is 2.29. The van der Waals surface area contributed by atoms with Crippen molar-refractivity contribution in [2.24, 2.45) is 5.92 Å². The highest BCUT2D eigenvalue weighted by molar-refractivity contribution is 4.78. The molecule has 0 aromatic rings. The number of hydrogen-bond donors (Lipinski definition) is 1. The summed E-state index contributed by atoms with van der Waals surface area (Å²) in [6, 6.07) is 0. The zero-order valence-corrected chi connectivity index (χ0v) is 6.87. The lowest BCUT2D eigenvalue weighted by Gasteiger charge is -2.34. The van der Waals surface area contributed by atoms with Crippen LogP contribution in [0.15, 0.2) is 0 Å². The molecule has 4 atom stereocenters. The monoisotopic (exact) mass is 144 g/mol. The van der Waals surface area contributed by atoms with E-state index in [-0.39, 0.29) is 12.2 Å². The van der Waals surface area contributed by atoms with Crippen LogP contribution in [0.25, 0.3) is 0 Å². The van der Waals surface area contributed by atoms with Gasteiger partial charge in [0.1, 0.15) is 0 Å². The first-order valence-electron chi connectivity index (χ1n) is 3.94. The van der Waals surface area contributed by atoms with E-state index < -0.39 is 0 Å². The maximum absolute atomic E-state index is 9.44. The number of ether oxygens (including phenoxy) is 1. The number of hydrogen-bond acceptors (Lipinski definition) is 2. The normalized spacial score (nSPS) is 49.2. The zero-order valence-electron chi connectivity index (χ0n) is 6.87. The van der Waals surface area contributed by atoms with E-state index in [9.17, 15) is 5.11 Å². The fourth-order valence-electron chi connectivity index (χ4n) is 1.63. The van der Waals surface area contributed by atoms with Gasteiger partial charge in [-0.2, -0.15) is 0 Å². The molecule has 1 saturated heterocycles. The highest BCUT2D eigenvalue weighted by atomic mass is 16.5. The average Bonchev–Trinajstić information content (AvgIpc) is 1.82. The molecule has 1 rings (SSSR count). The first-order valence-corrected chi connectivity index (χ1v) is 3.94. The third kappa shape index (κ3) is 1.50. The average molecular weight is 144 g/mol. The molecule has 2 nitrogen and oxygen atoms in total. The van der Waals surface area contributed by atoms with Crippen LogP contribution in [-0.2, 0) is 4.74 Å². The summed E-state index contributed by atoms with van der Waals surface area (Å²) in [4.78, 5) is 0. The van der Waals surface area contributed by atoms with Gasteiger partial charge in [-0.3, -0.25) is 0 Å². The lowest BCUT2D eigenvalue weighted by atomic mass is 9.92. The van der Waals surface area contributed by atoms with Crippen molar-refractivity contribution in [3.05, 3.63) is 0 Å². The molecule has 1 N–H and O–H groups in total. The smallest absolute Gasteiger partial charge is 0.0825 e.